The summed E-state index contributed by atoms with van der Waals surface area (Å²) in [6.07, 6.45) is 0. The highest BCUT2D eigenvalue weighted by Gasteiger charge is 2.08. The maximum atomic E-state index is 8.91. The fraction of sp³-hybridized carbons (Fsp3) is 0.250. The Balaban J connectivity index is 3.16. The monoisotopic (exact) mass is 214 g/mol. The van der Waals surface area contributed by atoms with E-state index in [1.807, 2.05) is 0 Å². The van der Waals surface area contributed by atoms with Crippen molar-refractivity contribution < 1.29 is 0 Å². The summed E-state index contributed by atoms with van der Waals surface area (Å²) < 4.78 is 0. The number of nitrogens with two attached hydrogens (primary N) is 1. The molecule has 1 aromatic rings. The van der Waals surface area contributed by atoms with Gasteiger partial charge < -0.3 is 5.73 Å². The van der Waals surface area contributed by atoms with E-state index in [-0.39, 0.29) is 0 Å². The standard InChI is InChI=1S/C12H14N2Si/c1-15(2,3)7-6-10-4-5-12(14)8-11(10)9-13/h4-5,8H,14H2,1-3H3. The summed E-state index contributed by atoms with van der Waals surface area (Å²) >= 11 is 0. The molecule has 0 spiro atoms. The second-order valence-corrected chi connectivity index (χ2v) is 9.17. The van der Waals surface area contributed by atoms with Crippen LogP contribution in [0.4, 0.5) is 5.69 Å². The second-order valence-electron chi connectivity index (χ2n) is 4.42. The summed E-state index contributed by atoms with van der Waals surface area (Å²) in [6, 6.07) is 7.35. The van der Waals surface area contributed by atoms with E-state index < -0.39 is 8.07 Å². The van der Waals surface area contributed by atoms with E-state index in [4.69, 9.17) is 11.0 Å². The molecule has 0 saturated heterocycles. The van der Waals surface area contributed by atoms with E-state index in [0.29, 0.717) is 11.3 Å². The van der Waals surface area contributed by atoms with Gasteiger partial charge in [-0.25, -0.2) is 0 Å². The van der Waals surface area contributed by atoms with E-state index in [0.717, 1.165) is 5.56 Å². The van der Waals surface area contributed by atoms with E-state index in [1.165, 1.54) is 0 Å². The molecule has 0 aliphatic heterocycles. The molecular formula is C12H14N2Si. The molecule has 76 valence electrons. The van der Waals surface area contributed by atoms with E-state index in [2.05, 4.69) is 37.2 Å². The van der Waals surface area contributed by atoms with Crippen molar-refractivity contribution in [1.82, 2.24) is 0 Å². The summed E-state index contributed by atoms with van der Waals surface area (Å²) in [5.74, 6) is 3.07. The van der Waals surface area contributed by atoms with E-state index in [1.54, 1.807) is 18.2 Å². The first-order chi connectivity index (χ1) is 6.92. The lowest BCUT2D eigenvalue weighted by Gasteiger charge is -2.04. The number of hydrogen-bond donors (Lipinski definition) is 1. The quantitative estimate of drug-likeness (QED) is 0.409. The topological polar surface area (TPSA) is 49.8 Å². The lowest BCUT2D eigenvalue weighted by atomic mass is 10.1. The average Bonchev–Trinajstić information content (AvgIpc) is 2.14. The second kappa shape index (κ2) is 4.21. The van der Waals surface area contributed by atoms with Gasteiger partial charge in [-0.2, -0.15) is 5.26 Å². The predicted octanol–water partition coefficient (Wildman–Crippen LogP) is 2.37. The summed E-state index contributed by atoms with van der Waals surface area (Å²) in [4.78, 5) is 0. The first-order valence-corrected chi connectivity index (χ1v) is 8.25. The highest BCUT2D eigenvalue weighted by molar-refractivity contribution is 6.83. The number of hydrogen-bond acceptors (Lipinski definition) is 2. The Hall–Kier alpha value is -1.71. The van der Waals surface area contributed by atoms with Crippen molar-refractivity contribution in [3.05, 3.63) is 29.3 Å². The molecule has 0 fully saturated rings. The number of anilines is 1. The number of rotatable bonds is 0. The van der Waals surface area contributed by atoms with Gasteiger partial charge in [-0.15, -0.1) is 5.54 Å². The molecule has 0 radical (unpaired) electrons. The molecule has 0 aliphatic rings. The van der Waals surface area contributed by atoms with Gasteiger partial charge in [-0.3, -0.25) is 0 Å². The Morgan fingerprint density at radius 1 is 1.20 bits per heavy atom. The Bertz CT molecular complexity index is 467. The van der Waals surface area contributed by atoms with Crippen LogP contribution in [0.15, 0.2) is 18.2 Å². The molecule has 0 atom stereocenters. The average molecular weight is 214 g/mol. The van der Waals surface area contributed by atoms with Gasteiger partial charge in [0.1, 0.15) is 14.1 Å². The minimum atomic E-state index is -1.39. The molecule has 1 rings (SSSR count). The summed E-state index contributed by atoms with van der Waals surface area (Å²) in [5.41, 5.74) is 10.8. The zero-order valence-electron chi connectivity index (χ0n) is 9.26. The molecule has 0 heterocycles. The normalized spacial score (nSPS) is 10.0. The molecule has 1 aromatic carbocycles. The van der Waals surface area contributed by atoms with Gasteiger partial charge >= 0.3 is 0 Å². The van der Waals surface area contributed by atoms with Crippen molar-refractivity contribution in [3.63, 3.8) is 0 Å². The van der Waals surface area contributed by atoms with Crippen molar-refractivity contribution in [2.45, 2.75) is 19.6 Å². The van der Waals surface area contributed by atoms with Crippen LogP contribution >= 0.6 is 0 Å². The first kappa shape index (κ1) is 11.4. The number of nitrogens with zero attached hydrogens (tertiary/aromatic N) is 1. The molecule has 0 saturated carbocycles. The molecule has 3 heteroatoms. The Kier molecular flexibility index (Phi) is 3.19. The van der Waals surface area contributed by atoms with Gasteiger partial charge in [0.25, 0.3) is 0 Å². The maximum Gasteiger partial charge on any atom is 0.129 e. The van der Waals surface area contributed by atoms with Gasteiger partial charge in [-0.05, 0) is 18.2 Å². The Morgan fingerprint density at radius 2 is 1.87 bits per heavy atom. The Morgan fingerprint density at radius 3 is 2.40 bits per heavy atom. The highest BCUT2D eigenvalue weighted by atomic mass is 28.3. The van der Waals surface area contributed by atoms with Crippen molar-refractivity contribution in [2.75, 3.05) is 5.73 Å². The number of nitrogen functional groups attached to an aromatic ring is 1. The third-order valence-corrected chi connectivity index (χ3v) is 2.61. The fourth-order valence-corrected chi connectivity index (χ4v) is 1.53. The van der Waals surface area contributed by atoms with Crippen molar-refractivity contribution >= 4 is 13.8 Å². The van der Waals surface area contributed by atoms with Crippen molar-refractivity contribution in [2.24, 2.45) is 0 Å². The SMILES string of the molecule is C[Si](C)(C)C#Cc1ccc(N)cc1C#N. The molecule has 0 amide bonds. The van der Waals surface area contributed by atoms with Crippen LogP contribution in [0.1, 0.15) is 11.1 Å². The van der Waals surface area contributed by atoms with Crippen molar-refractivity contribution in [3.8, 4) is 17.5 Å². The molecule has 2 N–H and O–H groups in total. The third-order valence-electron chi connectivity index (χ3n) is 1.74. The van der Waals surface area contributed by atoms with Gasteiger partial charge in [0.2, 0.25) is 0 Å². The summed E-state index contributed by atoms with van der Waals surface area (Å²) in [6.45, 7) is 6.51. The van der Waals surface area contributed by atoms with E-state index >= 15 is 0 Å². The van der Waals surface area contributed by atoms with Crippen LogP contribution < -0.4 is 5.73 Å². The maximum absolute atomic E-state index is 8.91. The largest absolute Gasteiger partial charge is 0.399 e. The van der Waals surface area contributed by atoms with Crippen LogP contribution in [0.3, 0.4) is 0 Å². The lowest BCUT2D eigenvalue weighted by Crippen LogP contribution is -2.16. The van der Waals surface area contributed by atoms with Gasteiger partial charge in [0.15, 0.2) is 0 Å². The van der Waals surface area contributed by atoms with Crippen LogP contribution in [-0.2, 0) is 0 Å². The number of benzene rings is 1. The molecule has 0 aromatic heterocycles. The minimum Gasteiger partial charge on any atom is -0.399 e. The fourth-order valence-electron chi connectivity index (χ4n) is 1.02. The first-order valence-electron chi connectivity index (χ1n) is 4.75. The molecule has 15 heavy (non-hydrogen) atoms. The van der Waals surface area contributed by atoms with Crippen molar-refractivity contribution in [1.29, 1.82) is 5.26 Å². The molecule has 0 bridgehead atoms. The smallest absolute Gasteiger partial charge is 0.129 e. The Labute approximate surface area is 91.7 Å². The van der Waals surface area contributed by atoms with Crippen LogP contribution in [0, 0.1) is 22.8 Å². The summed E-state index contributed by atoms with van der Waals surface area (Å²) in [7, 11) is -1.39. The predicted molar refractivity (Wildman–Crippen MR) is 65.8 cm³/mol. The van der Waals surface area contributed by atoms with Crippen LogP contribution in [0.5, 0.6) is 0 Å². The van der Waals surface area contributed by atoms with Gasteiger partial charge in [0, 0.05) is 11.3 Å². The van der Waals surface area contributed by atoms with Crippen LogP contribution in [0.25, 0.3) is 0 Å². The van der Waals surface area contributed by atoms with Gasteiger partial charge in [-0.1, -0.05) is 25.6 Å². The zero-order valence-corrected chi connectivity index (χ0v) is 10.3. The third kappa shape index (κ3) is 3.50. The number of nitriles is 1. The van der Waals surface area contributed by atoms with Crippen LogP contribution in [0.2, 0.25) is 19.6 Å². The molecule has 0 unspecified atom stereocenters. The summed E-state index contributed by atoms with van der Waals surface area (Å²) in [5, 5.41) is 8.91. The van der Waals surface area contributed by atoms with Crippen LogP contribution in [-0.4, -0.2) is 8.07 Å². The van der Waals surface area contributed by atoms with E-state index in [9.17, 15) is 0 Å². The lowest BCUT2D eigenvalue weighted by molar-refractivity contribution is 1.47. The molecule has 2 nitrogen and oxygen atoms in total. The zero-order chi connectivity index (χ0) is 11.5. The molecular weight excluding hydrogens is 200 g/mol. The van der Waals surface area contributed by atoms with Gasteiger partial charge in [0.05, 0.1) is 5.56 Å². The minimum absolute atomic E-state index is 0.556. The molecule has 0 aliphatic carbocycles. The highest BCUT2D eigenvalue weighted by Crippen LogP contribution is 2.11.